The molecule has 0 atom stereocenters. The quantitative estimate of drug-likeness (QED) is 0.379. The average molecular weight is 469 g/mol. The smallest absolute Gasteiger partial charge is 0.166 e. The Bertz CT molecular complexity index is 976. The normalized spacial score (nSPS) is 25.7. The molecule has 2 saturated carbocycles. The van der Waals surface area contributed by atoms with Crippen molar-refractivity contribution in [2.45, 2.75) is 96.3 Å². The minimum Gasteiger partial charge on any atom is -0.207 e. The van der Waals surface area contributed by atoms with Gasteiger partial charge in [0.15, 0.2) is 11.6 Å². The maximum absolute atomic E-state index is 14.9. The SMILES string of the molecule is CCCc1ccc(C2CCC(/C=C/c3ccc(C4CCC(CC)CC4)c(F)c3F)CC2)cc1F. The molecule has 0 bridgehead atoms. The van der Waals surface area contributed by atoms with Crippen molar-refractivity contribution >= 4 is 6.08 Å². The molecule has 0 aliphatic heterocycles. The van der Waals surface area contributed by atoms with E-state index in [0.29, 0.717) is 23.0 Å². The molecule has 0 amide bonds. The topological polar surface area (TPSA) is 0 Å². The first-order valence-electron chi connectivity index (χ1n) is 13.4. The zero-order valence-electron chi connectivity index (χ0n) is 20.8. The van der Waals surface area contributed by atoms with Gasteiger partial charge < -0.3 is 0 Å². The standard InChI is InChI=1S/C31H39F3/c1-3-5-25-16-17-27(20-29(25)32)23-11-8-22(9-12-23)10-15-26-18-19-28(31(34)30(26)33)24-13-6-21(4-2)7-14-24/h10,15-24H,3-9,11-14H2,1-2H3/b15-10+. The van der Waals surface area contributed by atoms with Crippen molar-refractivity contribution in [3.05, 3.63) is 76.1 Å². The van der Waals surface area contributed by atoms with Crippen molar-refractivity contribution in [1.82, 2.24) is 0 Å². The second-order valence-electron chi connectivity index (χ2n) is 10.6. The van der Waals surface area contributed by atoms with Gasteiger partial charge in [-0.05, 0) is 104 Å². The Kier molecular flexibility index (Phi) is 8.55. The maximum Gasteiger partial charge on any atom is 0.166 e. The van der Waals surface area contributed by atoms with Crippen LogP contribution in [0.2, 0.25) is 0 Å². The van der Waals surface area contributed by atoms with Crippen molar-refractivity contribution < 1.29 is 13.2 Å². The van der Waals surface area contributed by atoms with Crippen molar-refractivity contribution in [1.29, 1.82) is 0 Å². The monoisotopic (exact) mass is 468 g/mol. The van der Waals surface area contributed by atoms with Crippen LogP contribution in [-0.4, -0.2) is 0 Å². The van der Waals surface area contributed by atoms with E-state index in [2.05, 4.69) is 19.9 Å². The lowest BCUT2D eigenvalue weighted by molar-refractivity contribution is 0.312. The van der Waals surface area contributed by atoms with Crippen LogP contribution in [0.4, 0.5) is 13.2 Å². The average Bonchev–Trinajstić information content (AvgIpc) is 2.87. The Hall–Kier alpha value is -2.03. The van der Waals surface area contributed by atoms with Crippen molar-refractivity contribution in [2.75, 3.05) is 0 Å². The van der Waals surface area contributed by atoms with Crippen molar-refractivity contribution in [3.8, 4) is 0 Å². The molecule has 0 unspecified atom stereocenters. The lowest BCUT2D eigenvalue weighted by atomic mass is 9.77. The second-order valence-corrected chi connectivity index (χ2v) is 10.6. The minimum absolute atomic E-state index is 0.0827. The van der Waals surface area contributed by atoms with E-state index < -0.39 is 11.6 Å². The van der Waals surface area contributed by atoms with Crippen LogP contribution >= 0.6 is 0 Å². The molecule has 184 valence electrons. The summed E-state index contributed by atoms with van der Waals surface area (Å²) in [5.41, 5.74) is 2.80. The predicted octanol–water partition coefficient (Wildman–Crippen LogP) is 9.73. The molecule has 2 aliphatic rings. The van der Waals surface area contributed by atoms with E-state index in [1.54, 1.807) is 18.2 Å². The molecule has 0 spiro atoms. The summed E-state index contributed by atoms with van der Waals surface area (Å²) in [6.45, 7) is 4.28. The summed E-state index contributed by atoms with van der Waals surface area (Å²) >= 11 is 0. The summed E-state index contributed by atoms with van der Waals surface area (Å²) in [6.07, 6.45) is 14.8. The Balaban J connectivity index is 1.35. The first-order valence-corrected chi connectivity index (χ1v) is 13.4. The highest BCUT2D eigenvalue weighted by molar-refractivity contribution is 5.52. The Morgan fingerprint density at radius 3 is 2.15 bits per heavy atom. The van der Waals surface area contributed by atoms with Gasteiger partial charge in [0.25, 0.3) is 0 Å². The summed E-state index contributed by atoms with van der Waals surface area (Å²) in [7, 11) is 0. The van der Waals surface area contributed by atoms with Gasteiger partial charge in [0.2, 0.25) is 0 Å². The summed E-state index contributed by atoms with van der Waals surface area (Å²) in [5, 5.41) is 0. The molecule has 0 N–H and O–H groups in total. The summed E-state index contributed by atoms with van der Waals surface area (Å²) in [4.78, 5) is 0. The third-order valence-corrected chi connectivity index (χ3v) is 8.39. The number of hydrogen-bond donors (Lipinski definition) is 0. The van der Waals surface area contributed by atoms with E-state index in [9.17, 15) is 13.2 Å². The summed E-state index contributed by atoms with van der Waals surface area (Å²) in [6, 6.07) is 9.31. The van der Waals surface area contributed by atoms with Gasteiger partial charge in [-0.2, -0.15) is 0 Å². The van der Waals surface area contributed by atoms with E-state index in [0.717, 1.165) is 81.3 Å². The molecular formula is C31H39F3. The third kappa shape index (κ3) is 5.78. The molecule has 0 heterocycles. The van der Waals surface area contributed by atoms with Gasteiger partial charge in [0.05, 0.1) is 0 Å². The molecule has 0 saturated heterocycles. The Labute approximate surface area is 203 Å². The van der Waals surface area contributed by atoms with Gasteiger partial charge in [0, 0.05) is 5.56 Å². The summed E-state index contributed by atoms with van der Waals surface area (Å²) < 4.78 is 44.1. The van der Waals surface area contributed by atoms with Crippen LogP contribution in [0.1, 0.15) is 112 Å². The molecule has 2 fully saturated rings. The van der Waals surface area contributed by atoms with Crippen LogP contribution in [0.15, 0.2) is 36.4 Å². The van der Waals surface area contributed by atoms with Crippen LogP contribution in [0, 0.1) is 29.3 Å². The first kappa shape index (κ1) is 25.1. The first-order chi connectivity index (χ1) is 16.5. The Morgan fingerprint density at radius 1 is 0.794 bits per heavy atom. The van der Waals surface area contributed by atoms with Gasteiger partial charge in [0.1, 0.15) is 5.82 Å². The van der Waals surface area contributed by atoms with Crippen LogP contribution in [0.25, 0.3) is 6.08 Å². The Morgan fingerprint density at radius 2 is 1.50 bits per heavy atom. The lowest BCUT2D eigenvalue weighted by Crippen LogP contribution is -2.14. The highest BCUT2D eigenvalue weighted by atomic mass is 19.2. The highest BCUT2D eigenvalue weighted by Crippen LogP contribution is 2.40. The molecule has 34 heavy (non-hydrogen) atoms. The van der Waals surface area contributed by atoms with Gasteiger partial charge in [-0.3, -0.25) is 0 Å². The highest BCUT2D eigenvalue weighted by Gasteiger charge is 2.26. The van der Waals surface area contributed by atoms with Crippen molar-refractivity contribution in [3.63, 3.8) is 0 Å². The predicted molar refractivity (Wildman–Crippen MR) is 135 cm³/mol. The molecular weight excluding hydrogens is 429 g/mol. The zero-order chi connectivity index (χ0) is 24.1. The van der Waals surface area contributed by atoms with Gasteiger partial charge in [-0.15, -0.1) is 0 Å². The van der Waals surface area contributed by atoms with Crippen LogP contribution in [0.3, 0.4) is 0 Å². The molecule has 2 aromatic carbocycles. The molecule has 2 aromatic rings. The van der Waals surface area contributed by atoms with E-state index >= 15 is 0 Å². The van der Waals surface area contributed by atoms with E-state index in [-0.39, 0.29) is 11.7 Å². The molecule has 0 radical (unpaired) electrons. The maximum atomic E-state index is 14.9. The lowest BCUT2D eigenvalue weighted by Gasteiger charge is -2.28. The van der Waals surface area contributed by atoms with Gasteiger partial charge in [-0.25, -0.2) is 13.2 Å². The second kappa shape index (κ2) is 11.6. The van der Waals surface area contributed by atoms with Crippen LogP contribution in [0.5, 0.6) is 0 Å². The fourth-order valence-corrected chi connectivity index (χ4v) is 6.08. The fraction of sp³-hybridized carbons (Fsp3) is 0.548. The zero-order valence-corrected chi connectivity index (χ0v) is 20.8. The van der Waals surface area contributed by atoms with Gasteiger partial charge in [-0.1, -0.05) is 63.1 Å². The van der Waals surface area contributed by atoms with Crippen LogP contribution in [-0.2, 0) is 6.42 Å². The number of hydrogen-bond acceptors (Lipinski definition) is 0. The van der Waals surface area contributed by atoms with Crippen LogP contribution < -0.4 is 0 Å². The number of rotatable bonds is 7. The molecule has 0 aromatic heterocycles. The van der Waals surface area contributed by atoms with E-state index in [4.69, 9.17) is 0 Å². The summed E-state index contributed by atoms with van der Waals surface area (Å²) in [5.74, 6) is 0.174. The third-order valence-electron chi connectivity index (χ3n) is 8.39. The number of aryl methyl sites for hydroxylation is 1. The minimum atomic E-state index is -0.706. The molecule has 3 heteroatoms. The fourth-order valence-electron chi connectivity index (χ4n) is 6.08. The molecule has 2 aliphatic carbocycles. The molecule has 4 rings (SSSR count). The van der Waals surface area contributed by atoms with E-state index in [1.165, 1.54) is 6.42 Å². The number of halogens is 3. The largest absolute Gasteiger partial charge is 0.207 e. The van der Waals surface area contributed by atoms with Crippen molar-refractivity contribution in [2.24, 2.45) is 11.8 Å². The number of allylic oxidation sites excluding steroid dienone is 1. The molecule has 0 nitrogen and oxygen atoms in total. The van der Waals surface area contributed by atoms with E-state index in [1.807, 2.05) is 18.2 Å². The number of benzene rings is 2. The van der Waals surface area contributed by atoms with Gasteiger partial charge >= 0.3 is 0 Å².